The Bertz CT molecular complexity index is 1670. The number of hydrogen-bond acceptors (Lipinski definition) is 3. The van der Waals surface area contributed by atoms with Crippen LogP contribution < -0.4 is 9.80 Å². The van der Waals surface area contributed by atoms with Crippen molar-refractivity contribution in [2.75, 3.05) is 9.80 Å². The maximum absolute atomic E-state index is 11.1. The lowest BCUT2D eigenvalue weighted by Gasteiger charge is -2.28. The Morgan fingerprint density at radius 2 is 0.707 bits per heavy atom. The van der Waals surface area contributed by atoms with Gasteiger partial charge < -0.3 is 9.80 Å². The van der Waals surface area contributed by atoms with E-state index in [0.29, 0.717) is 5.56 Å². The van der Waals surface area contributed by atoms with Crippen LogP contribution in [0.2, 0.25) is 0 Å². The predicted molar refractivity (Wildman–Crippen MR) is 171 cm³/mol. The van der Waals surface area contributed by atoms with Gasteiger partial charge in [-0.05, 0) is 90.8 Å². The molecule has 0 fully saturated rings. The van der Waals surface area contributed by atoms with Gasteiger partial charge in [0.1, 0.15) is 6.29 Å². The molecule has 0 bridgehead atoms. The molecule has 0 spiro atoms. The van der Waals surface area contributed by atoms with E-state index in [0.717, 1.165) is 51.5 Å². The van der Waals surface area contributed by atoms with Crippen LogP contribution in [0.3, 0.4) is 0 Å². The highest BCUT2D eigenvalue weighted by Crippen LogP contribution is 2.39. The molecule has 6 aromatic rings. The fourth-order valence-corrected chi connectivity index (χ4v) is 5.05. The molecule has 0 N–H and O–H groups in total. The molecule has 0 saturated carbocycles. The van der Waals surface area contributed by atoms with E-state index in [-0.39, 0.29) is 0 Å². The minimum Gasteiger partial charge on any atom is -0.311 e. The molecule has 0 aliphatic carbocycles. The van der Waals surface area contributed by atoms with Crippen molar-refractivity contribution >= 4 is 40.4 Å². The Labute approximate surface area is 241 Å². The van der Waals surface area contributed by atoms with Crippen molar-refractivity contribution in [2.24, 2.45) is 0 Å². The molecule has 6 rings (SSSR count). The summed E-state index contributed by atoms with van der Waals surface area (Å²) < 4.78 is 0. The zero-order chi connectivity index (χ0) is 28.0. The van der Waals surface area contributed by atoms with Crippen LogP contribution in [0.5, 0.6) is 0 Å². The monoisotopic (exact) mass is 530 g/mol. The molecule has 6 aromatic carbocycles. The zero-order valence-corrected chi connectivity index (χ0v) is 22.9. The summed E-state index contributed by atoms with van der Waals surface area (Å²) in [6.45, 7) is 2.11. The van der Waals surface area contributed by atoms with Crippen molar-refractivity contribution < 1.29 is 4.79 Å². The van der Waals surface area contributed by atoms with Crippen LogP contribution in [0.15, 0.2) is 158 Å². The first-order chi connectivity index (χ1) is 20.2. The summed E-state index contributed by atoms with van der Waals surface area (Å²) in [6.07, 6.45) is 0.872. The number of aryl methyl sites for hydroxylation is 1. The van der Waals surface area contributed by atoms with Crippen LogP contribution in [0.25, 0.3) is 11.1 Å². The first-order valence-electron chi connectivity index (χ1n) is 13.7. The molecule has 0 atom stereocenters. The van der Waals surface area contributed by atoms with Crippen molar-refractivity contribution in [1.29, 1.82) is 0 Å². The summed E-state index contributed by atoms with van der Waals surface area (Å²) in [4.78, 5) is 15.6. The van der Waals surface area contributed by atoms with Gasteiger partial charge >= 0.3 is 0 Å². The summed E-state index contributed by atoms with van der Waals surface area (Å²) in [5.41, 5.74) is 10.6. The Morgan fingerprint density at radius 1 is 0.390 bits per heavy atom. The van der Waals surface area contributed by atoms with Crippen LogP contribution in [0, 0.1) is 6.92 Å². The highest BCUT2D eigenvalue weighted by Gasteiger charge is 2.16. The van der Waals surface area contributed by atoms with Gasteiger partial charge in [0.15, 0.2) is 0 Å². The van der Waals surface area contributed by atoms with Crippen LogP contribution in [-0.4, -0.2) is 6.29 Å². The number of anilines is 6. The Kier molecular flexibility index (Phi) is 7.42. The first kappa shape index (κ1) is 25.8. The number of hydrogen-bond donors (Lipinski definition) is 0. The Balaban J connectivity index is 1.38. The van der Waals surface area contributed by atoms with Gasteiger partial charge in [-0.1, -0.05) is 90.5 Å². The summed E-state index contributed by atoms with van der Waals surface area (Å²) in [7, 11) is 0. The second-order valence-corrected chi connectivity index (χ2v) is 9.98. The molecular formula is C38H30N2O. The van der Waals surface area contributed by atoms with E-state index >= 15 is 0 Å². The average molecular weight is 531 g/mol. The topological polar surface area (TPSA) is 23.6 Å². The minimum atomic E-state index is 0.678. The van der Waals surface area contributed by atoms with Crippen molar-refractivity contribution in [2.45, 2.75) is 6.92 Å². The summed E-state index contributed by atoms with van der Waals surface area (Å²) in [5, 5.41) is 0. The molecule has 3 nitrogen and oxygen atoms in total. The molecule has 0 unspecified atom stereocenters. The Hall–Kier alpha value is -5.41. The number of aldehydes is 1. The van der Waals surface area contributed by atoms with Crippen molar-refractivity contribution in [3.63, 3.8) is 0 Å². The molecule has 0 heterocycles. The van der Waals surface area contributed by atoms with Crippen molar-refractivity contribution in [1.82, 2.24) is 0 Å². The third kappa shape index (κ3) is 5.66. The van der Waals surface area contributed by atoms with Gasteiger partial charge in [-0.3, -0.25) is 4.79 Å². The molecule has 0 radical (unpaired) electrons. The lowest BCUT2D eigenvalue weighted by molar-refractivity contribution is 0.112. The highest BCUT2D eigenvalue weighted by molar-refractivity contribution is 5.82. The van der Waals surface area contributed by atoms with E-state index in [4.69, 9.17) is 0 Å². The predicted octanol–water partition coefficient (Wildman–Crippen LogP) is 10.4. The maximum atomic E-state index is 11.1. The second kappa shape index (κ2) is 11.8. The molecule has 0 aromatic heterocycles. The number of nitrogens with zero attached hydrogens (tertiary/aromatic N) is 2. The van der Waals surface area contributed by atoms with E-state index in [9.17, 15) is 4.79 Å². The third-order valence-electron chi connectivity index (χ3n) is 7.19. The summed E-state index contributed by atoms with van der Waals surface area (Å²) in [6, 6.07) is 54.5. The standard InChI is InChI=1S/C38H30N2O/c1-29-12-20-35(21-13-29)40(36-22-18-32(19-23-36)31-16-14-30(28-41)15-17-31)38-26-24-37(25-27-38)39(33-8-4-2-5-9-33)34-10-6-3-7-11-34/h2-28H,1H3. The zero-order valence-electron chi connectivity index (χ0n) is 22.9. The average Bonchev–Trinajstić information content (AvgIpc) is 3.04. The van der Waals surface area contributed by atoms with E-state index in [1.807, 2.05) is 36.4 Å². The number of para-hydroxylation sites is 2. The maximum Gasteiger partial charge on any atom is 0.150 e. The van der Waals surface area contributed by atoms with E-state index in [2.05, 4.69) is 138 Å². The van der Waals surface area contributed by atoms with Gasteiger partial charge in [-0.2, -0.15) is 0 Å². The normalized spacial score (nSPS) is 10.7. The highest BCUT2D eigenvalue weighted by atomic mass is 16.1. The first-order valence-corrected chi connectivity index (χ1v) is 13.7. The lowest BCUT2D eigenvalue weighted by Crippen LogP contribution is -2.12. The van der Waals surface area contributed by atoms with E-state index < -0.39 is 0 Å². The fourth-order valence-electron chi connectivity index (χ4n) is 5.05. The molecule has 0 aliphatic rings. The minimum absolute atomic E-state index is 0.678. The number of rotatable bonds is 8. The molecule has 41 heavy (non-hydrogen) atoms. The Morgan fingerprint density at radius 3 is 1.10 bits per heavy atom. The second-order valence-electron chi connectivity index (χ2n) is 9.98. The van der Waals surface area contributed by atoms with Crippen LogP contribution >= 0.6 is 0 Å². The van der Waals surface area contributed by atoms with Gasteiger partial charge in [0.2, 0.25) is 0 Å². The van der Waals surface area contributed by atoms with Crippen molar-refractivity contribution in [3.8, 4) is 11.1 Å². The van der Waals surface area contributed by atoms with E-state index in [1.54, 1.807) is 0 Å². The number of carbonyl (C=O) groups excluding carboxylic acids is 1. The molecule has 0 aliphatic heterocycles. The summed E-state index contributed by atoms with van der Waals surface area (Å²) in [5.74, 6) is 0. The number of benzene rings is 6. The summed E-state index contributed by atoms with van der Waals surface area (Å²) >= 11 is 0. The molecular weight excluding hydrogens is 500 g/mol. The SMILES string of the molecule is Cc1ccc(N(c2ccc(-c3ccc(C=O)cc3)cc2)c2ccc(N(c3ccccc3)c3ccccc3)cc2)cc1. The molecule has 198 valence electrons. The number of carbonyl (C=O) groups is 1. The van der Waals surface area contributed by atoms with Crippen LogP contribution in [0.1, 0.15) is 15.9 Å². The third-order valence-corrected chi connectivity index (χ3v) is 7.19. The molecule has 0 amide bonds. The lowest BCUT2D eigenvalue weighted by atomic mass is 10.0. The smallest absolute Gasteiger partial charge is 0.150 e. The molecule has 3 heteroatoms. The largest absolute Gasteiger partial charge is 0.311 e. The van der Waals surface area contributed by atoms with Gasteiger partial charge in [0, 0.05) is 39.7 Å². The van der Waals surface area contributed by atoms with Gasteiger partial charge in [-0.15, -0.1) is 0 Å². The van der Waals surface area contributed by atoms with E-state index in [1.165, 1.54) is 5.56 Å². The van der Waals surface area contributed by atoms with Gasteiger partial charge in [0.05, 0.1) is 0 Å². The van der Waals surface area contributed by atoms with Crippen LogP contribution in [0.4, 0.5) is 34.1 Å². The molecule has 0 saturated heterocycles. The van der Waals surface area contributed by atoms with Gasteiger partial charge in [0.25, 0.3) is 0 Å². The fraction of sp³-hybridized carbons (Fsp3) is 0.0263. The van der Waals surface area contributed by atoms with Crippen LogP contribution in [-0.2, 0) is 0 Å². The quantitative estimate of drug-likeness (QED) is 0.183. The van der Waals surface area contributed by atoms with Crippen molar-refractivity contribution in [3.05, 3.63) is 169 Å². The van der Waals surface area contributed by atoms with Gasteiger partial charge in [-0.25, -0.2) is 0 Å².